The Bertz CT molecular complexity index is 1440. The Balaban J connectivity index is 1.47. The second kappa shape index (κ2) is 8.31. The van der Waals surface area contributed by atoms with Crippen LogP contribution >= 0.6 is 0 Å². The highest BCUT2D eigenvalue weighted by Gasteiger charge is 2.61. The predicted molar refractivity (Wildman–Crippen MR) is 134 cm³/mol. The molecule has 0 unspecified atom stereocenters. The molecule has 5 rings (SSSR count). The fourth-order valence-corrected chi connectivity index (χ4v) is 6.73. The van der Waals surface area contributed by atoms with Gasteiger partial charge in [0.2, 0.25) is 0 Å². The van der Waals surface area contributed by atoms with Crippen LogP contribution in [0.4, 0.5) is 21.8 Å². The van der Waals surface area contributed by atoms with E-state index in [1.54, 1.807) is 6.92 Å². The van der Waals surface area contributed by atoms with E-state index in [9.17, 15) is 18.5 Å². The van der Waals surface area contributed by atoms with Crippen molar-refractivity contribution in [1.82, 2.24) is 25.1 Å². The average Bonchev–Trinajstić information content (AvgIpc) is 3.14. The molecule has 0 aromatic carbocycles. The summed E-state index contributed by atoms with van der Waals surface area (Å²) in [5, 5.41) is 14.7. The van der Waals surface area contributed by atoms with Crippen LogP contribution in [0.5, 0.6) is 0 Å². The molecule has 2 saturated heterocycles. The van der Waals surface area contributed by atoms with Crippen molar-refractivity contribution in [2.45, 2.75) is 63.5 Å². The maximum Gasteiger partial charge on any atom is 0.288 e. The number of aromatic nitrogens is 4. The van der Waals surface area contributed by atoms with Gasteiger partial charge in [-0.15, -0.1) is 10.2 Å². The Labute approximate surface area is 215 Å². The molecule has 0 radical (unpaired) electrons. The molecule has 3 aliphatic rings. The smallest absolute Gasteiger partial charge is 0.288 e. The second-order valence-electron chi connectivity index (χ2n) is 10.8. The number of aryl methyl sites for hydroxylation is 1. The lowest BCUT2D eigenvalue weighted by Gasteiger charge is -2.47. The zero-order valence-electron chi connectivity index (χ0n) is 21.4. The van der Waals surface area contributed by atoms with Gasteiger partial charge in [-0.2, -0.15) is 5.26 Å². The summed E-state index contributed by atoms with van der Waals surface area (Å²) in [6, 6.07) is 3.18. The lowest BCUT2D eigenvalue weighted by Crippen LogP contribution is -2.66. The number of alkyl halides is 1. The molecular formula is C24H29FN8O3S. The van der Waals surface area contributed by atoms with Crippen LogP contribution < -0.4 is 9.80 Å². The summed E-state index contributed by atoms with van der Waals surface area (Å²) < 4.78 is 39.1. The number of carbonyl (C=O) groups excluding carboxylic acids is 1. The number of anilines is 3. The number of amides is 1. The molecule has 11 nitrogen and oxygen atoms in total. The van der Waals surface area contributed by atoms with E-state index in [0.29, 0.717) is 30.5 Å². The molecule has 2 aromatic heterocycles. The van der Waals surface area contributed by atoms with Crippen molar-refractivity contribution >= 4 is 33.2 Å². The van der Waals surface area contributed by atoms with Gasteiger partial charge >= 0.3 is 0 Å². The Morgan fingerprint density at radius 3 is 2.46 bits per heavy atom. The van der Waals surface area contributed by atoms with Crippen LogP contribution in [0.1, 0.15) is 50.9 Å². The van der Waals surface area contributed by atoms with E-state index in [-0.39, 0.29) is 35.9 Å². The predicted octanol–water partition coefficient (Wildman–Crippen LogP) is 1.79. The van der Waals surface area contributed by atoms with Crippen LogP contribution in [0.2, 0.25) is 0 Å². The van der Waals surface area contributed by atoms with Crippen LogP contribution in [0.3, 0.4) is 0 Å². The van der Waals surface area contributed by atoms with E-state index < -0.39 is 26.8 Å². The Kier molecular flexibility index (Phi) is 5.67. The number of nitrogens with zero attached hydrogens (tertiary/aromatic N) is 8. The van der Waals surface area contributed by atoms with Crippen LogP contribution in [0, 0.1) is 18.3 Å². The summed E-state index contributed by atoms with van der Waals surface area (Å²) in [5.41, 5.74) is 1.54. The number of hydrogen-bond donors (Lipinski definition) is 0. The molecule has 1 amide bonds. The standard InChI is InChI=1S/C24H29FN8O3S/c1-14-8-18(30-29-17(14)9-26)33-12-23(4,5)19-20(27-13-28-21(19)33)31-10-16(3)32(11-15(31)2)22(34)24(25)6-7-37(24,35)36/h8,13,15-16H,6-7,10-12H2,1-5H3/t15-,16+,24-/m0/s1. The van der Waals surface area contributed by atoms with Crippen molar-refractivity contribution in [1.29, 1.82) is 5.26 Å². The highest BCUT2D eigenvalue weighted by atomic mass is 32.2. The normalized spacial score (nSPS) is 27.9. The molecule has 0 bridgehead atoms. The van der Waals surface area contributed by atoms with Crippen molar-refractivity contribution in [2.24, 2.45) is 0 Å². The lowest BCUT2D eigenvalue weighted by atomic mass is 9.87. The molecule has 0 aliphatic carbocycles. The number of nitriles is 1. The van der Waals surface area contributed by atoms with Crippen LogP contribution in [-0.4, -0.2) is 81.9 Å². The van der Waals surface area contributed by atoms with Gasteiger partial charge in [0.05, 0.1) is 5.75 Å². The van der Waals surface area contributed by atoms with Gasteiger partial charge in [0.1, 0.15) is 24.0 Å². The van der Waals surface area contributed by atoms with E-state index in [4.69, 9.17) is 0 Å². The number of hydrogen-bond acceptors (Lipinski definition) is 10. The van der Waals surface area contributed by atoms with Gasteiger partial charge in [-0.25, -0.2) is 22.8 Å². The Morgan fingerprint density at radius 1 is 1.16 bits per heavy atom. The van der Waals surface area contributed by atoms with Crippen molar-refractivity contribution in [2.75, 3.05) is 35.2 Å². The molecule has 5 heterocycles. The summed E-state index contributed by atoms with van der Waals surface area (Å²) in [7, 11) is -4.07. The van der Waals surface area contributed by atoms with Crippen molar-refractivity contribution in [3.05, 3.63) is 29.2 Å². The van der Waals surface area contributed by atoms with Gasteiger partial charge in [0.25, 0.3) is 10.9 Å². The number of piperazine rings is 1. The highest BCUT2D eigenvalue weighted by molar-refractivity contribution is 7.94. The molecule has 2 aromatic rings. The largest absolute Gasteiger partial charge is 0.350 e. The third-order valence-electron chi connectivity index (χ3n) is 7.67. The molecule has 13 heteroatoms. The summed E-state index contributed by atoms with van der Waals surface area (Å²) in [6.45, 7) is 10.8. The maximum absolute atomic E-state index is 15.1. The summed E-state index contributed by atoms with van der Waals surface area (Å²) in [4.78, 5) is 27.6. The summed E-state index contributed by atoms with van der Waals surface area (Å²) in [6.07, 6.45) is 1.19. The molecule has 196 valence electrons. The lowest BCUT2D eigenvalue weighted by molar-refractivity contribution is -0.142. The number of fused-ring (bicyclic) bond motifs is 1. The van der Waals surface area contributed by atoms with E-state index in [1.165, 1.54) is 11.2 Å². The van der Waals surface area contributed by atoms with Gasteiger partial charge in [0.15, 0.2) is 21.3 Å². The molecule has 0 spiro atoms. The molecule has 0 saturated carbocycles. The quantitative estimate of drug-likeness (QED) is 0.580. The number of halogens is 1. The van der Waals surface area contributed by atoms with Gasteiger partial charge in [0, 0.05) is 49.1 Å². The maximum atomic E-state index is 15.1. The SMILES string of the molecule is Cc1cc(N2CC(C)(C)c3c2ncnc3N2C[C@@H](C)N(C(=O)[C@]3(F)CCS3(=O)=O)C[C@@H]2C)nnc1C#N. The minimum absolute atomic E-state index is 0.171. The van der Waals surface area contributed by atoms with Gasteiger partial charge < -0.3 is 14.7 Å². The fraction of sp³-hybridized carbons (Fsp3) is 0.583. The number of sulfone groups is 1. The van der Waals surface area contributed by atoms with E-state index >= 15 is 4.39 Å². The fourth-order valence-electron chi connectivity index (χ4n) is 5.45. The minimum atomic E-state index is -4.07. The third kappa shape index (κ3) is 3.72. The van der Waals surface area contributed by atoms with Gasteiger partial charge in [-0.1, -0.05) is 13.8 Å². The molecule has 2 fully saturated rings. The highest BCUT2D eigenvalue weighted by Crippen LogP contribution is 2.47. The van der Waals surface area contributed by atoms with Crippen LogP contribution in [-0.2, 0) is 20.0 Å². The zero-order valence-corrected chi connectivity index (χ0v) is 22.3. The van der Waals surface area contributed by atoms with E-state index in [2.05, 4.69) is 38.9 Å². The molecule has 0 N–H and O–H groups in total. The first-order valence-electron chi connectivity index (χ1n) is 12.2. The van der Waals surface area contributed by atoms with Crippen molar-refractivity contribution in [3.8, 4) is 6.07 Å². The average molecular weight is 529 g/mol. The van der Waals surface area contributed by atoms with Gasteiger partial charge in [-0.3, -0.25) is 4.79 Å². The number of rotatable bonds is 3. The molecular weight excluding hydrogens is 499 g/mol. The topological polar surface area (TPSA) is 136 Å². The monoisotopic (exact) mass is 528 g/mol. The van der Waals surface area contributed by atoms with Gasteiger partial charge in [-0.05, 0) is 32.4 Å². The summed E-state index contributed by atoms with van der Waals surface area (Å²) >= 11 is 0. The van der Waals surface area contributed by atoms with Crippen molar-refractivity contribution in [3.63, 3.8) is 0 Å². The minimum Gasteiger partial charge on any atom is -0.350 e. The van der Waals surface area contributed by atoms with Crippen LogP contribution in [0.15, 0.2) is 12.4 Å². The Hall–Kier alpha value is -3.40. The zero-order chi connectivity index (χ0) is 26.9. The van der Waals surface area contributed by atoms with Crippen molar-refractivity contribution < 1.29 is 17.6 Å². The number of carbonyl (C=O) groups is 1. The molecule has 37 heavy (non-hydrogen) atoms. The Morgan fingerprint density at radius 2 is 1.86 bits per heavy atom. The first-order valence-corrected chi connectivity index (χ1v) is 13.8. The first-order chi connectivity index (χ1) is 17.3. The van der Waals surface area contributed by atoms with Crippen LogP contribution in [0.25, 0.3) is 0 Å². The molecule has 3 aliphatic heterocycles. The van der Waals surface area contributed by atoms with E-state index in [0.717, 1.165) is 11.1 Å². The molecule has 3 atom stereocenters. The summed E-state index contributed by atoms with van der Waals surface area (Å²) in [5.74, 6) is 0.719. The first kappa shape index (κ1) is 25.3. The third-order valence-corrected chi connectivity index (χ3v) is 9.78. The second-order valence-corrected chi connectivity index (χ2v) is 13.1. The van der Waals surface area contributed by atoms with E-state index in [1.807, 2.05) is 30.9 Å².